The fraction of sp³-hybridized carbons (Fsp3) is 0.244. The number of likely N-dealkylation sites (N-methyl/N-ethyl adjacent to an activating group) is 2. The average Bonchev–Trinajstić information content (AvgIpc) is 3.31. The van der Waals surface area contributed by atoms with Crippen LogP contribution in [0.3, 0.4) is 0 Å². The number of rotatable bonds is 21. The molecule has 64 heavy (non-hydrogen) atoms. The van der Waals surface area contributed by atoms with Gasteiger partial charge in [0.25, 0.3) is 0 Å². The molecule has 0 aliphatic heterocycles. The van der Waals surface area contributed by atoms with E-state index in [0.29, 0.717) is 5.56 Å². The largest absolute Gasteiger partial charge is 0.497 e. The molecule has 0 bridgehead atoms. The Hall–Kier alpha value is -6.44. The Bertz CT molecular complexity index is 2380. The van der Waals surface area contributed by atoms with Gasteiger partial charge < -0.3 is 67.0 Å². The number of aliphatic hydroxyl groups excluding tert-OH is 2. The molecule has 0 saturated heterocycles. The molecule has 0 radical (unpaired) electrons. The number of amides is 3. The lowest BCUT2D eigenvalue weighted by molar-refractivity contribution is -0.148. The minimum atomic E-state index is -1.65. The maximum absolute atomic E-state index is 13.5. The molecule has 4 rings (SSSR count). The van der Waals surface area contributed by atoms with Crippen molar-refractivity contribution in [2.24, 2.45) is 17.2 Å². The first-order chi connectivity index (χ1) is 30.5. The lowest BCUT2D eigenvalue weighted by Gasteiger charge is -2.24. The molecular formula is C45H50Cl2N6O11. The van der Waals surface area contributed by atoms with Crippen molar-refractivity contribution in [1.29, 1.82) is 0 Å². The highest BCUT2D eigenvalue weighted by Crippen LogP contribution is 2.46. The molecule has 340 valence electrons. The van der Waals surface area contributed by atoms with Crippen molar-refractivity contribution >= 4 is 46.9 Å². The third-order valence-electron chi connectivity index (χ3n) is 9.58. The van der Waals surface area contributed by atoms with Gasteiger partial charge >= 0.3 is 5.97 Å². The van der Waals surface area contributed by atoms with Gasteiger partial charge in [0.15, 0.2) is 17.5 Å². The molecular weight excluding hydrogens is 871 g/mol. The molecule has 4 aromatic rings. The molecule has 3 amide bonds. The quantitative estimate of drug-likeness (QED) is 0.0329. The lowest BCUT2D eigenvalue weighted by Crippen LogP contribution is -2.51. The van der Waals surface area contributed by atoms with E-state index < -0.39 is 60.1 Å². The first-order valence-corrected chi connectivity index (χ1v) is 20.0. The molecule has 19 heteroatoms. The SMILES string of the molecule is C=C/C(=C\C(=C)[C@@H](NC(=O)[C@@H](N)[C@H](O)c1ccc(Oc2cc([C@@H](N)C(=O)NC)cc(Oc3ccc([C@@H](O)[C@@H](N)C(=O)NC)cc3Cl)c2OC)c(Cl)c1)C(=O)OCc1ccccc1)OC. The fourth-order valence-corrected chi connectivity index (χ4v) is 6.38. The predicted molar refractivity (Wildman–Crippen MR) is 240 cm³/mol. The summed E-state index contributed by atoms with van der Waals surface area (Å²) in [5, 5.41) is 29.3. The molecule has 0 saturated carbocycles. The van der Waals surface area contributed by atoms with Crippen LogP contribution in [-0.4, -0.2) is 80.3 Å². The van der Waals surface area contributed by atoms with Gasteiger partial charge in [0.2, 0.25) is 23.5 Å². The number of hydrogen-bond acceptors (Lipinski definition) is 14. The number of hydrogen-bond donors (Lipinski definition) is 8. The van der Waals surface area contributed by atoms with Gasteiger partial charge in [0.05, 0.1) is 24.3 Å². The van der Waals surface area contributed by atoms with E-state index in [1.165, 1.54) is 89.0 Å². The third-order valence-corrected chi connectivity index (χ3v) is 10.2. The van der Waals surface area contributed by atoms with Crippen LogP contribution >= 0.6 is 23.2 Å². The molecule has 0 aromatic heterocycles. The summed E-state index contributed by atoms with van der Waals surface area (Å²) < 4.78 is 28.7. The highest BCUT2D eigenvalue weighted by atomic mass is 35.5. The molecule has 0 heterocycles. The predicted octanol–water partition coefficient (Wildman–Crippen LogP) is 4.30. The second kappa shape index (κ2) is 23.3. The summed E-state index contributed by atoms with van der Waals surface area (Å²) >= 11 is 13.2. The van der Waals surface area contributed by atoms with E-state index in [1.54, 1.807) is 24.3 Å². The van der Waals surface area contributed by atoms with E-state index in [-0.39, 0.29) is 73.4 Å². The summed E-state index contributed by atoms with van der Waals surface area (Å²) in [6.07, 6.45) is -0.277. The van der Waals surface area contributed by atoms with Gasteiger partial charge in [-0.05, 0) is 76.4 Å². The zero-order valence-corrected chi connectivity index (χ0v) is 36.8. The topological polar surface area (TPSA) is 269 Å². The van der Waals surface area contributed by atoms with Gasteiger partial charge in [-0.2, -0.15) is 0 Å². The summed E-state index contributed by atoms with van der Waals surface area (Å²) in [4.78, 5) is 51.5. The van der Waals surface area contributed by atoms with Crippen molar-refractivity contribution in [3.63, 3.8) is 0 Å². The monoisotopic (exact) mass is 920 g/mol. The van der Waals surface area contributed by atoms with Crippen LogP contribution in [-0.2, 0) is 35.3 Å². The van der Waals surface area contributed by atoms with Crippen LogP contribution in [0.1, 0.15) is 40.5 Å². The zero-order chi connectivity index (χ0) is 47.2. The number of carbonyl (C=O) groups excluding carboxylic acids is 4. The zero-order valence-electron chi connectivity index (χ0n) is 35.3. The molecule has 0 spiro atoms. The number of ether oxygens (including phenoxy) is 5. The van der Waals surface area contributed by atoms with Crippen LogP contribution in [0.2, 0.25) is 10.0 Å². The number of methoxy groups -OCH3 is 2. The van der Waals surface area contributed by atoms with Crippen molar-refractivity contribution in [2.45, 2.75) is 43.0 Å². The molecule has 0 fully saturated rings. The number of halogens is 2. The first-order valence-electron chi connectivity index (χ1n) is 19.3. The van der Waals surface area contributed by atoms with Gasteiger partial charge in [-0.15, -0.1) is 0 Å². The Morgan fingerprint density at radius 3 is 1.70 bits per heavy atom. The van der Waals surface area contributed by atoms with Crippen molar-refractivity contribution in [3.8, 4) is 28.7 Å². The third kappa shape index (κ3) is 12.6. The lowest BCUT2D eigenvalue weighted by atomic mass is 10.0. The number of allylic oxidation sites excluding steroid dienone is 1. The number of carbonyl (C=O) groups is 4. The van der Waals surface area contributed by atoms with Crippen LogP contribution in [0.4, 0.5) is 0 Å². The van der Waals surface area contributed by atoms with Crippen LogP contribution < -0.4 is 47.4 Å². The Morgan fingerprint density at radius 2 is 1.25 bits per heavy atom. The first kappa shape index (κ1) is 50.2. The van der Waals surface area contributed by atoms with E-state index in [0.717, 1.165) is 0 Å². The van der Waals surface area contributed by atoms with Crippen molar-refractivity contribution in [2.75, 3.05) is 28.3 Å². The second-order valence-corrected chi connectivity index (χ2v) is 14.7. The van der Waals surface area contributed by atoms with Crippen LogP contribution in [0.5, 0.6) is 28.7 Å². The van der Waals surface area contributed by atoms with Crippen LogP contribution in [0.25, 0.3) is 0 Å². The van der Waals surface area contributed by atoms with Gasteiger partial charge in [-0.3, -0.25) is 14.4 Å². The van der Waals surface area contributed by atoms with E-state index in [2.05, 4.69) is 29.1 Å². The maximum Gasteiger partial charge on any atom is 0.333 e. The highest BCUT2D eigenvalue weighted by molar-refractivity contribution is 6.32. The second-order valence-electron chi connectivity index (χ2n) is 13.8. The minimum Gasteiger partial charge on any atom is -0.497 e. The smallest absolute Gasteiger partial charge is 0.333 e. The molecule has 11 N–H and O–H groups in total. The maximum atomic E-state index is 13.5. The summed E-state index contributed by atoms with van der Waals surface area (Å²) in [7, 11) is 5.51. The standard InChI is InChI=1S/C45H50Cl2N6O11/c1-7-28(60-5)17-23(2)38(45(59)62-22-24-11-9-8-10-12-24)53-44(58)37(50)40(55)26-14-16-32(30(47)19-26)64-34-21-27(35(48)42(56)51-3)20-33(41(34)61-6)63-31-15-13-25(18-29(31)46)39(54)36(49)43(57)52-4/h7-21,35-40,54-55H,1-2,22,48-50H2,3-6H3,(H,51,56)(H,52,57)(H,53,58)/b28-17+/t35-,36-,37+,38-,39-,40-/m1/s1. The van der Waals surface area contributed by atoms with E-state index >= 15 is 0 Å². The summed E-state index contributed by atoms with van der Waals surface area (Å²) in [6.45, 7) is 7.46. The molecule has 17 nitrogen and oxygen atoms in total. The van der Waals surface area contributed by atoms with E-state index in [4.69, 9.17) is 64.1 Å². The molecule has 0 aliphatic rings. The Labute approximate surface area is 379 Å². The average molecular weight is 922 g/mol. The number of benzene rings is 4. The molecule has 6 atom stereocenters. The molecule has 0 aliphatic carbocycles. The van der Waals surface area contributed by atoms with Gasteiger partial charge in [-0.25, -0.2) is 4.79 Å². The normalized spacial score (nSPS) is 14.0. The van der Waals surface area contributed by atoms with Gasteiger partial charge in [0.1, 0.15) is 54.2 Å². The molecule has 4 aromatic carbocycles. The number of esters is 1. The Balaban J connectivity index is 1.61. The van der Waals surface area contributed by atoms with Crippen molar-refractivity contribution in [3.05, 3.63) is 148 Å². The van der Waals surface area contributed by atoms with E-state index in [1.807, 2.05) is 6.07 Å². The Morgan fingerprint density at radius 1 is 0.734 bits per heavy atom. The van der Waals surface area contributed by atoms with Crippen LogP contribution in [0, 0.1) is 0 Å². The Kier molecular flexibility index (Phi) is 18.3. The number of nitrogens with one attached hydrogen (secondary N) is 3. The summed E-state index contributed by atoms with van der Waals surface area (Å²) in [5.41, 5.74) is 19.7. The summed E-state index contributed by atoms with van der Waals surface area (Å²) in [5.74, 6) is -2.59. The number of aliphatic hydroxyl groups is 2. The fourth-order valence-electron chi connectivity index (χ4n) is 5.93. The van der Waals surface area contributed by atoms with E-state index in [9.17, 15) is 29.4 Å². The number of nitrogens with two attached hydrogens (primary N) is 3. The highest BCUT2D eigenvalue weighted by Gasteiger charge is 2.32. The van der Waals surface area contributed by atoms with Crippen molar-refractivity contribution in [1.82, 2.24) is 16.0 Å². The minimum absolute atomic E-state index is 0.00451. The van der Waals surface area contributed by atoms with Crippen molar-refractivity contribution < 1.29 is 53.1 Å². The molecule has 0 unspecified atom stereocenters. The van der Waals surface area contributed by atoms with Gasteiger partial charge in [0, 0.05) is 14.1 Å². The van der Waals surface area contributed by atoms with Crippen LogP contribution in [0.15, 0.2) is 116 Å². The summed E-state index contributed by atoms with van der Waals surface area (Å²) in [6, 6.07) is 14.5. The van der Waals surface area contributed by atoms with Gasteiger partial charge in [-0.1, -0.05) is 78.8 Å².